The number of imidazole rings is 1. The number of amides is 1. The molecule has 0 unspecified atom stereocenters. The topological polar surface area (TPSA) is 84.1 Å². The van der Waals surface area contributed by atoms with Gasteiger partial charge in [-0.2, -0.15) is 0 Å². The Bertz CT molecular complexity index is 977. The van der Waals surface area contributed by atoms with Crippen molar-refractivity contribution in [1.82, 2.24) is 15.3 Å². The largest absolute Gasteiger partial charge is 0.452 e. The standard InChI is InChI=1S/C21H20ClN3O3/c1-13-14(2)25-20(24-13)15-7-9-16(10-8-15)21(27)28-12-19(26)23-11-17-5-3-4-6-18(17)22/h3-10H,11-12H2,1-2H3,(H,23,26)(H,24,25). The molecule has 2 N–H and O–H groups in total. The molecule has 0 aliphatic rings. The van der Waals surface area contributed by atoms with Crippen LogP contribution in [0.15, 0.2) is 48.5 Å². The molecule has 1 amide bonds. The number of aryl methyl sites for hydroxylation is 2. The van der Waals surface area contributed by atoms with Crippen molar-refractivity contribution in [3.05, 3.63) is 76.1 Å². The van der Waals surface area contributed by atoms with Gasteiger partial charge in [-0.15, -0.1) is 0 Å². The van der Waals surface area contributed by atoms with Crippen LogP contribution in [0, 0.1) is 13.8 Å². The van der Waals surface area contributed by atoms with Gasteiger partial charge in [-0.1, -0.05) is 41.9 Å². The number of carbonyl (C=O) groups is 2. The minimum atomic E-state index is -0.564. The number of aromatic nitrogens is 2. The number of nitrogens with one attached hydrogen (secondary N) is 2. The number of H-pyrrole nitrogens is 1. The van der Waals surface area contributed by atoms with Gasteiger partial charge in [-0.25, -0.2) is 9.78 Å². The van der Waals surface area contributed by atoms with Gasteiger partial charge < -0.3 is 15.0 Å². The van der Waals surface area contributed by atoms with Gasteiger partial charge in [-0.3, -0.25) is 4.79 Å². The fourth-order valence-electron chi connectivity index (χ4n) is 2.55. The third-order valence-corrected chi connectivity index (χ3v) is 4.66. The maximum absolute atomic E-state index is 12.1. The maximum atomic E-state index is 12.1. The third-order valence-electron chi connectivity index (χ3n) is 4.29. The van der Waals surface area contributed by atoms with Crippen LogP contribution in [0.1, 0.15) is 27.3 Å². The molecule has 0 spiro atoms. The Balaban J connectivity index is 1.51. The minimum Gasteiger partial charge on any atom is -0.452 e. The summed E-state index contributed by atoms with van der Waals surface area (Å²) in [4.78, 5) is 31.7. The van der Waals surface area contributed by atoms with E-state index in [1.165, 1.54) is 0 Å². The molecular weight excluding hydrogens is 378 g/mol. The van der Waals surface area contributed by atoms with Crippen molar-refractivity contribution in [2.75, 3.05) is 6.61 Å². The van der Waals surface area contributed by atoms with Crippen molar-refractivity contribution < 1.29 is 14.3 Å². The Kier molecular flexibility index (Phi) is 6.11. The van der Waals surface area contributed by atoms with E-state index in [2.05, 4.69) is 15.3 Å². The smallest absolute Gasteiger partial charge is 0.338 e. The first-order chi connectivity index (χ1) is 13.4. The summed E-state index contributed by atoms with van der Waals surface area (Å²) in [6, 6.07) is 14.1. The van der Waals surface area contributed by atoms with Crippen molar-refractivity contribution in [3.8, 4) is 11.4 Å². The molecule has 28 heavy (non-hydrogen) atoms. The molecule has 0 bridgehead atoms. The quantitative estimate of drug-likeness (QED) is 0.619. The first kappa shape index (κ1) is 19.6. The van der Waals surface area contributed by atoms with Crippen molar-refractivity contribution in [1.29, 1.82) is 0 Å². The van der Waals surface area contributed by atoms with Crippen LogP contribution in [0.5, 0.6) is 0 Å². The lowest BCUT2D eigenvalue weighted by Crippen LogP contribution is -2.28. The monoisotopic (exact) mass is 397 g/mol. The first-order valence-corrected chi connectivity index (χ1v) is 9.12. The number of hydrogen-bond donors (Lipinski definition) is 2. The molecule has 0 atom stereocenters. The van der Waals surface area contributed by atoms with Crippen LogP contribution in [-0.4, -0.2) is 28.5 Å². The van der Waals surface area contributed by atoms with Crippen LogP contribution in [0.4, 0.5) is 0 Å². The van der Waals surface area contributed by atoms with Gasteiger partial charge in [0.25, 0.3) is 5.91 Å². The van der Waals surface area contributed by atoms with Crippen molar-refractivity contribution in [2.24, 2.45) is 0 Å². The molecule has 6 nitrogen and oxygen atoms in total. The van der Waals surface area contributed by atoms with Crippen LogP contribution in [-0.2, 0) is 16.1 Å². The number of rotatable bonds is 6. The van der Waals surface area contributed by atoms with E-state index in [-0.39, 0.29) is 13.2 Å². The predicted octanol–water partition coefficient (Wildman–Crippen LogP) is 3.82. The van der Waals surface area contributed by atoms with Gasteiger partial charge in [0.1, 0.15) is 5.82 Å². The molecule has 0 radical (unpaired) electrons. The molecule has 3 rings (SSSR count). The van der Waals surface area contributed by atoms with Gasteiger partial charge in [0.15, 0.2) is 6.61 Å². The normalized spacial score (nSPS) is 10.5. The van der Waals surface area contributed by atoms with Gasteiger partial charge >= 0.3 is 5.97 Å². The Morgan fingerprint density at radius 1 is 1.11 bits per heavy atom. The van der Waals surface area contributed by atoms with Gasteiger partial charge in [-0.05, 0) is 37.6 Å². The van der Waals surface area contributed by atoms with Gasteiger partial charge in [0, 0.05) is 22.8 Å². The molecular formula is C21H20ClN3O3. The fraction of sp³-hybridized carbons (Fsp3) is 0.190. The zero-order chi connectivity index (χ0) is 20.1. The van der Waals surface area contributed by atoms with Gasteiger partial charge in [0.05, 0.1) is 11.3 Å². The Morgan fingerprint density at radius 3 is 2.46 bits per heavy atom. The molecule has 0 saturated heterocycles. The lowest BCUT2D eigenvalue weighted by Gasteiger charge is -2.08. The van der Waals surface area contributed by atoms with E-state index in [1.54, 1.807) is 30.3 Å². The van der Waals surface area contributed by atoms with Crippen LogP contribution >= 0.6 is 11.6 Å². The number of halogens is 1. The molecule has 0 aliphatic heterocycles. The second-order valence-electron chi connectivity index (χ2n) is 6.32. The highest BCUT2D eigenvalue weighted by molar-refractivity contribution is 6.31. The Morgan fingerprint density at radius 2 is 1.82 bits per heavy atom. The molecule has 3 aromatic rings. The van der Waals surface area contributed by atoms with E-state index in [0.29, 0.717) is 10.6 Å². The van der Waals surface area contributed by atoms with E-state index in [4.69, 9.17) is 16.3 Å². The molecule has 0 aliphatic carbocycles. The molecule has 1 heterocycles. The highest BCUT2D eigenvalue weighted by Crippen LogP contribution is 2.18. The van der Waals surface area contributed by atoms with E-state index >= 15 is 0 Å². The van der Waals surface area contributed by atoms with E-state index < -0.39 is 11.9 Å². The van der Waals surface area contributed by atoms with E-state index in [1.807, 2.05) is 32.0 Å². The van der Waals surface area contributed by atoms with Crippen LogP contribution in [0.25, 0.3) is 11.4 Å². The SMILES string of the molecule is Cc1nc(-c2ccc(C(=O)OCC(=O)NCc3ccccc3Cl)cc2)[nH]c1C. The second-order valence-corrected chi connectivity index (χ2v) is 6.72. The third kappa shape index (κ3) is 4.78. The number of ether oxygens (including phenoxy) is 1. The van der Waals surface area contributed by atoms with Crippen molar-refractivity contribution in [3.63, 3.8) is 0 Å². The summed E-state index contributed by atoms with van der Waals surface area (Å²) in [6.07, 6.45) is 0. The highest BCUT2D eigenvalue weighted by atomic mass is 35.5. The van der Waals surface area contributed by atoms with Crippen LogP contribution < -0.4 is 5.32 Å². The fourth-order valence-corrected chi connectivity index (χ4v) is 2.75. The summed E-state index contributed by atoms with van der Waals surface area (Å²) in [7, 11) is 0. The van der Waals surface area contributed by atoms with Crippen molar-refractivity contribution >= 4 is 23.5 Å². The summed E-state index contributed by atoms with van der Waals surface area (Å²) in [5, 5.41) is 3.24. The molecule has 2 aromatic carbocycles. The van der Waals surface area contributed by atoms with Gasteiger partial charge in [0.2, 0.25) is 0 Å². The summed E-state index contributed by atoms with van der Waals surface area (Å²) in [5.74, 6) is -0.216. The van der Waals surface area contributed by atoms with Crippen LogP contribution in [0.2, 0.25) is 5.02 Å². The lowest BCUT2D eigenvalue weighted by atomic mass is 10.1. The average Bonchev–Trinajstić information content (AvgIpc) is 3.04. The first-order valence-electron chi connectivity index (χ1n) is 8.75. The maximum Gasteiger partial charge on any atom is 0.338 e. The van der Waals surface area contributed by atoms with Crippen molar-refractivity contribution in [2.45, 2.75) is 20.4 Å². The molecule has 0 saturated carbocycles. The zero-order valence-corrected chi connectivity index (χ0v) is 16.3. The number of esters is 1. The zero-order valence-electron chi connectivity index (χ0n) is 15.6. The Labute approximate surface area is 167 Å². The summed E-state index contributed by atoms with van der Waals surface area (Å²) in [5.41, 5.74) is 3.96. The number of nitrogens with zero attached hydrogens (tertiary/aromatic N) is 1. The lowest BCUT2D eigenvalue weighted by molar-refractivity contribution is -0.124. The summed E-state index contributed by atoms with van der Waals surface area (Å²) < 4.78 is 5.07. The average molecular weight is 398 g/mol. The summed E-state index contributed by atoms with van der Waals surface area (Å²) >= 11 is 6.04. The highest BCUT2D eigenvalue weighted by Gasteiger charge is 2.12. The number of hydrogen-bond acceptors (Lipinski definition) is 4. The number of aromatic amines is 1. The molecule has 0 fully saturated rings. The second kappa shape index (κ2) is 8.71. The van der Waals surface area contributed by atoms with Crippen LogP contribution in [0.3, 0.4) is 0 Å². The van der Waals surface area contributed by atoms with E-state index in [0.717, 1.165) is 28.3 Å². The molecule has 144 valence electrons. The minimum absolute atomic E-state index is 0.271. The Hall–Kier alpha value is -3.12. The molecule has 7 heteroatoms. The molecule has 1 aromatic heterocycles. The number of carbonyl (C=O) groups excluding carboxylic acids is 2. The number of benzene rings is 2. The van der Waals surface area contributed by atoms with E-state index in [9.17, 15) is 9.59 Å². The predicted molar refractivity (Wildman–Crippen MR) is 107 cm³/mol. The summed E-state index contributed by atoms with van der Waals surface area (Å²) in [6.45, 7) is 3.79.